The smallest absolute Gasteiger partial charge is 0.254 e. The lowest BCUT2D eigenvalue weighted by molar-refractivity contribution is -0.117. The quantitative estimate of drug-likeness (QED) is 0.340. The van der Waals surface area contributed by atoms with Crippen molar-refractivity contribution in [2.45, 2.75) is 6.92 Å². The number of hydrogen-bond donors (Lipinski definition) is 1. The number of aromatic nitrogens is 2. The third kappa shape index (κ3) is 6.80. The van der Waals surface area contributed by atoms with E-state index in [1.165, 1.54) is 29.2 Å². The molecule has 8 nitrogen and oxygen atoms in total. The van der Waals surface area contributed by atoms with Crippen molar-refractivity contribution in [2.24, 2.45) is 0 Å². The van der Waals surface area contributed by atoms with Crippen LogP contribution in [0.4, 0.5) is 10.3 Å². The van der Waals surface area contributed by atoms with Crippen molar-refractivity contribution in [3.8, 4) is 16.9 Å². The number of carbonyl (C=O) groups excluding carboxylic acids is 2. The highest BCUT2D eigenvalue weighted by atomic mass is 19.1. The summed E-state index contributed by atoms with van der Waals surface area (Å²) in [6, 6.07) is 23.0. The van der Waals surface area contributed by atoms with Gasteiger partial charge in [-0.25, -0.2) is 9.37 Å². The number of hydrogen-bond acceptors (Lipinski definition) is 5. The van der Waals surface area contributed by atoms with E-state index in [4.69, 9.17) is 9.72 Å². The zero-order valence-electron chi connectivity index (χ0n) is 22.4. The minimum Gasteiger partial charge on any atom is -0.379 e. The van der Waals surface area contributed by atoms with Gasteiger partial charge in [-0.05, 0) is 48.9 Å². The molecule has 0 bridgehead atoms. The van der Waals surface area contributed by atoms with Gasteiger partial charge in [0.1, 0.15) is 12.4 Å². The van der Waals surface area contributed by atoms with Crippen LogP contribution < -0.4 is 5.32 Å². The molecule has 0 aliphatic carbocycles. The average molecular weight is 542 g/mol. The lowest BCUT2D eigenvalue weighted by Crippen LogP contribution is -2.45. The van der Waals surface area contributed by atoms with Crippen LogP contribution in [0.5, 0.6) is 0 Å². The fourth-order valence-corrected chi connectivity index (χ4v) is 4.64. The third-order valence-corrected chi connectivity index (χ3v) is 6.81. The van der Waals surface area contributed by atoms with Crippen molar-refractivity contribution >= 4 is 17.8 Å². The first-order valence-corrected chi connectivity index (χ1v) is 13.3. The van der Waals surface area contributed by atoms with Crippen molar-refractivity contribution < 1.29 is 18.7 Å². The number of nitrogens with one attached hydrogen (secondary N) is 1. The Hall–Kier alpha value is -4.34. The summed E-state index contributed by atoms with van der Waals surface area (Å²) in [6.07, 6.45) is 1.89. The molecule has 206 valence electrons. The Kier molecular flexibility index (Phi) is 8.63. The second kappa shape index (κ2) is 12.7. The van der Waals surface area contributed by atoms with Gasteiger partial charge in [0, 0.05) is 49.2 Å². The van der Waals surface area contributed by atoms with Gasteiger partial charge in [-0.1, -0.05) is 42.5 Å². The summed E-state index contributed by atoms with van der Waals surface area (Å²) in [5, 5.41) is 2.93. The van der Waals surface area contributed by atoms with Crippen LogP contribution in [0, 0.1) is 12.7 Å². The van der Waals surface area contributed by atoms with E-state index in [1.54, 1.807) is 0 Å². The van der Waals surface area contributed by atoms with Gasteiger partial charge in [0.15, 0.2) is 0 Å². The topological polar surface area (TPSA) is 79.7 Å². The molecule has 0 saturated carbocycles. The van der Waals surface area contributed by atoms with Gasteiger partial charge in [0.2, 0.25) is 11.9 Å². The second-order valence-corrected chi connectivity index (χ2v) is 9.76. The van der Waals surface area contributed by atoms with Crippen LogP contribution in [0.15, 0.2) is 85.1 Å². The van der Waals surface area contributed by atoms with Crippen molar-refractivity contribution in [1.82, 2.24) is 19.4 Å². The number of aryl methyl sites for hydroxylation is 1. The molecule has 9 heteroatoms. The van der Waals surface area contributed by atoms with E-state index in [2.05, 4.69) is 10.2 Å². The number of imidazole rings is 1. The Morgan fingerprint density at radius 2 is 1.75 bits per heavy atom. The van der Waals surface area contributed by atoms with Crippen LogP contribution in [-0.2, 0) is 9.53 Å². The molecule has 2 heterocycles. The van der Waals surface area contributed by atoms with E-state index < -0.39 is 5.82 Å². The first-order chi connectivity index (χ1) is 19.5. The predicted molar refractivity (Wildman–Crippen MR) is 152 cm³/mol. The SMILES string of the molecule is Cc1cccc(-n2cc(-c3ccccc3)nc2NC(=O)CN(CCN2CCOCC2)C(=O)c2ccc(F)cc2)c1. The van der Waals surface area contributed by atoms with Crippen LogP contribution in [0.2, 0.25) is 0 Å². The third-order valence-electron chi connectivity index (χ3n) is 6.81. The monoisotopic (exact) mass is 541 g/mol. The number of ether oxygens (including phenoxy) is 1. The molecule has 2 amide bonds. The molecule has 0 atom stereocenters. The zero-order chi connectivity index (χ0) is 27.9. The highest BCUT2D eigenvalue weighted by Crippen LogP contribution is 2.25. The highest BCUT2D eigenvalue weighted by Gasteiger charge is 2.22. The van der Waals surface area contributed by atoms with E-state index in [1.807, 2.05) is 72.3 Å². The molecule has 0 radical (unpaired) electrons. The summed E-state index contributed by atoms with van der Waals surface area (Å²) < 4.78 is 20.8. The number of amides is 2. The molecule has 4 aromatic rings. The molecule has 1 aliphatic heterocycles. The summed E-state index contributed by atoms with van der Waals surface area (Å²) in [4.78, 5) is 35.2. The van der Waals surface area contributed by atoms with E-state index in [-0.39, 0.29) is 18.4 Å². The predicted octanol–water partition coefficient (Wildman–Crippen LogP) is 4.40. The van der Waals surface area contributed by atoms with Crippen LogP contribution in [-0.4, -0.2) is 77.1 Å². The lowest BCUT2D eigenvalue weighted by Gasteiger charge is -2.30. The van der Waals surface area contributed by atoms with Gasteiger partial charge in [0.05, 0.1) is 18.9 Å². The standard InChI is InChI=1S/C31H32FN5O3/c1-23-6-5-9-27(20-23)37-21-28(24-7-3-2-4-8-24)33-31(37)34-29(38)22-36(15-14-35-16-18-40-19-17-35)30(39)25-10-12-26(32)13-11-25/h2-13,20-21H,14-19,22H2,1H3,(H,33,34,38). The van der Waals surface area contributed by atoms with Gasteiger partial charge in [0.25, 0.3) is 5.91 Å². The Morgan fingerprint density at radius 3 is 2.48 bits per heavy atom. The largest absolute Gasteiger partial charge is 0.379 e. The lowest BCUT2D eigenvalue weighted by atomic mass is 10.2. The van der Waals surface area contributed by atoms with E-state index in [9.17, 15) is 14.0 Å². The number of morpholine rings is 1. The first kappa shape index (κ1) is 27.2. The summed E-state index contributed by atoms with van der Waals surface area (Å²) in [7, 11) is 0. The molecule has 5 rings (SSSR count). The van der Waals surface area contributed by atoms with Crippen molar-refractivity contribution in [3.05, 3.63) is 102 Å². The summed E-state index contributed by atoms with van der Waals surface area (Å²) in [6.45, 7) is 5.56. The van der Waals surface area contributed by atoms with Crippen LogP contribution >= 0.6 is 0 Å². The van der Waals surface area contributed by atoms with Crippen molar-refractivity contribution in [3.63, 3.8) is 0 Å². The minimum absolute atomic E-state index is 0.179. The number of nitrogens with zero attached hydrogens (tertiary/aromatic N) is 4. The molecular formula is C31H32FN5O3. The number of benzene rings is 3. The Morgan fingerprint density at radius 1 is 1.00 bits per heavy atom. The maximum absolute atomic E-state index is 13.5. The number of anilines is 1. The summed E-state index contributed by atoms with van der Waals surface area (Å²) in [5.74, 6) is -0.782. The molecule has 1 fully saturated rings. The van der Waals surface area contributed by atoms with Gasteiger partial charge in [-0.2, -0.15) is 0 Å². The van der Waals surface area contributed by atoms with E-state index in [0.29, 0.717) is 43.5 Å². The fraction of sp³-hybridized carbons (Fsp3) is 0.258. The average Bonchev–Trinajstić information content (AvgIpc) is 3.40. The molecule has 0 unspecified atom stereocenters. The molecular weight excluding hydrogens is 509 g/mol. The van der Waals surface area contributed by atoms with Crippen LogP contribution in [0.3, 0.4) is 0 Å². The summed E-state index contributed by atoms with van der Waals surface area (Å²) in [5.41, 5.74) is 3.89. The molecule has 1 aromatic heterocycles. The van der Waals surface area contributed by atoms with Crippen molar-refractivity contribution in [2.75, 3.05) is 51.3 Å². The normalized spacial score (nSPS) is 13.7. The van der Waals surface area contributed by atoms with Gasteiger partial charge in [-0.15, -0.1) is 0 Å². The van der Waals surface area contributed by atoms with Crippen LogP contribution in [0.1, 0.15) is 15.9 Å². The fourth-order valence-electron chi connectivity index (χ4n) is 4.64. The van der Waals surface area contributed by atoms with Gasteiger partial charge >= 0.3 is 0 Å². The van der Waals surface area contributed by atoms with Crippen LogP contribution in [0.25, 0.3) is 16.9 Å². The maximum atomic E-state index is 13.5. The highest BCUT2D eigenvalue weighted by molar-refractivity contribution is 5.99. The molecule has 40 heavy (non-hydrogen) atoms. The summed E-state index contributed by atoms with van der Waals surface area (Å²) >= 11 is 0. The number of rotatable bonds is 9. The van der Waals surface area contributed by atoms with Gasteiger partial charge in [-0.3, -0.25) is 24.4 Å². The molecule has 1 saturated heterocycles. The number of halogens is 1. The van der Waals surface area contributed by atoms with E-state index >= 15 is 0 Å². The molecule has 0 spiro atoms. The molecule has 3 aromatic carbocycles. The van der Waals surface area contributed by atoms with E-state index in [0.717, 1.165) is 29.9 Å². The number of carbonyl (C=O) groups is 2. The molecule has 1 N–H and O–H groups in total. The Labute approximate surface area is 233 Å². The second-order valence-electron chi connectivity index (χ2n) is 9.76. The maximum Gasteiger partial charge on any atom is 0.254 e. The Bertz CT molecular complexity index is 1450. The zero-order valence-corrected chi connectivity index (χ0v) is 22.4. The molecule has 1 aliphatic rings. The van der Waals surface area contributed by atoms with Crippen molar-refractivity contribution in [1.29, 1.82) is 0 Å². The van der Waals surface area contributed by atoms with Gasteiger partial charge < -0.3 is 9.64 Å². The first-order valence-electron chi connectivity index (χ1n) is 13.3. The minimum atomic E-state index is -0.425. The Balaban J connectivity index is 1.38.